The van der Waals surface area contributed by atoms with Gasteiger partial charge in [-0.25, -0.2) is 9.69 Å². The maximum atomic E-state index is 12.8. The Bertz CT molecular complexity index is 1050. The quantitative estimate of drug-likeness (QED) is 0.529. The van der Waals surface area contributed by atoms with Crippen molar-refractivity contribution < 1.29 is 19.1 Å². The zero-order valence-corrected chi connectivity index (χ0v) is 14.6. The summed E-state index contributed by atoms with van der Waals surface area (Å²) in [5, 5.41) is 1.95. The topological polar surface area (TPSA) is 66.9 Å². The molecule has 3 aromatic rings. The normalized spacial score (nSPS) is 14.3. The summed E-state index contributed by atoms with van der Waals surface area (Å²) < 4.78 is 5.08. The summed E-state index contributed by atoms with van der Waals surface area (Å²) in [5.74, 6) is -1.09. The summed E-state index contributed by atoms with van der Waals surface area (Å²) in [6, 6.07) is 19.1. The standard InChI is InChI=1S/C21H16N2O4/c1-27-17-11-9-16(10-12-17)23-20(25)19(24)22(21(23)26)13-15-7-4-6-14-5-2-3-8-18(14)15/h2-12H,13H2,1H3. The van der Waals surface area contributed by atoms with Gasteiger partial charge >= 0.3 is 17.8 Å². The first-order chi connectivity index (χ1) is 13.1. The van der Waals surface area contributed by atoms with E-state index in [1.807, 2.05) is 42.5 Å². The molecule has 0 spiro atoms. The average molecular weight is 360 g/mol. The number of nitrogens with zero attached hydrogens (tertiary/aromatic N) is 2. The molecule has 1 heterocycles. The third kappa shape index (κ3) is 2.81. The van der Waals surface area contributed by atoms with Gasteiger partial charge in [0, 0.05) is 0 Å². The number of hydrogen-bond donors (Lipinski definition) is 0. The fourth-order valence-corrected chi connectivity index (χ4v) is 3.20. The molecule has 3 aromatic carbocycles. The van der Waals surface area contributed by atoms with Crippen molar-refractivity contribution in [2.24, 2.45) is 0 Å². The smallest absolute Gasteiger partial charge is 0.339 e. The van der Waals surface area contributed by atoms with Gasteiger partial charge in [0.1, 0.15) is 5.75 Å². The van der Waals surface area contributed by atoms with Crippen LogP contribution in [0.15, 0.2) is 66.7 Å². The summed E-state index contributed by atoms with van der Waals surface area (Å²) in [6.07, 6.45) is 0. The van der Waals surface area contributed by atoms with Crippen molar-refractivity contribution in [2.75, 3.05) is 12.0 Å². The zero-order valence-electron chi connectivity index (χ0n) is 14.6. The van der Waals surface area contributed by atoms with Gasteiger partial charge in [0.05, 0.1) is 19.3 Å². The molecule has 0 bridgehead atoms. The van der Waals surface area contributed by atoms with E-state index in [0.717, 1.165) is 26.1 Å². The highest BCUT2D eigenvalue weighted by Gasteiger charge is 2.45. The summed E-state index contributed by atoms with van der Waals surface area (Å²) in [4.78, 5) is 39.5. The lowest BCUT2D eigenvalue weighted by molar-refractivity contribution is -0.139. The third-order valence-electron chi connectivity index (χ3n) is 4.59. The molecule has 1 aliphatic heterocycles. The lowest BCUT2D eigenvalue weighted by atomic mass is 10.0. The molecule has 4 amide bonds. The Morgan fingerprint density at radius 2 is 1.52 bits per heavy atom. The number of benzene rings is 3. The molecule has 1 aliphatic rings. The fourth-order valence-electron chi connectivity index (χ4n) is 3.20. The molecule has 27 heavy (non-hydrogen) atoms. The van der Waals surface area contributed by atoms with Crippen LogP contribution in [-0.2, 0) is 16.1 Å². The number of methoxy groups -OCH3 is 1. The lowest BCUT2D eigenvalue weighted by Gasteiger charge is -2.16. The van der Waals surface area contributed by atoms with E-state index in [9.17, 15) is 14.4 Å². The highest BCUT2D eigenvalue weighted by molar-refractivity contribution is 6.52. The Balaban J connectivity index is 1.66. The van der Waals surface area contributed by atoms with Gasteiger partial charge < -0.3 is 4.74 Å². The van der Waals surface area contributed by atoms with Crippen molar-refractivity contribution in [3.8, 4) is 5.75 Å². The van der Waals surface area contributed by atoms with Crippen LogP contribution in [-0.4, -0.2) is 29.9 Å². The molecule has 0 aromatic heterocycles. The maximum Gasteiger partial charge on any atom is 0.339 e. The number of carbonyl (C=O) groups is 3. The Kier molecular flexibility index (Phi) is 4.08. The van der Waals surface area contributed by atoms with Crippen molar-refractivity contribution in [2.45, 2.75) is 6.54 Å². The van der Waals surface area contributed by atoms with Gasteiger partial charge in [-0.05, 0) is 40.6 Å². The lowest BCUT2D eigenvalue weighted by Crippen LogP contribution is -2.33. The molecule has 0 atom stereocenters. The Hall–Kier alpha value is -3.67. The van der Waals surface area contributed by atoms with E-state index in [0.29, 0.717) is 11.4 Å². The fraction of sp³-hybridized carbons (Fsp3) is 0.0952. The molecule has 4 rings (SSSR count). The van der Waals surface area contributed by atoms with Gasteiger partial charge in [0.2, 0.25) is 0 Å². The molecule has 6 nitrogen and oxygen atoms in total. The van der Waals surface area contributed by atoms with Gasteiger partial charge in [-0.3, -0.25) is 14.5 Å². The van der Waals surface area contributed by atoms with Crippen LogP contribution in [0.25, 0.3) is 10.8 Å². The molecule has 6 heteroatoms. The maximum absolute atomic E-state index is 12.8. The minimum absolute atomic E-state index is 0.0391. The van der Waals surface area contributed by atoms with Crippen molar-refractivity contribution in [1.29, 1.82) is 0 Å². The van der Waals surface area contributed by atoms with E-state index < -0.39 is 17.8 Å². The molecule has 0 unspecified atom stereocenters. The number of hydrogen-bond acceptors (Lipinski definition) is 4. The number of imide groups is 2. The first-order valence-electron chi connectivity index (χ1n) is 8.41. The second-order valence-corrected chi connectivity index (χ2v) is 6.15. The molecular weight excluding hydrogens is 344 g/mol. The van der Waals surface area contributed by atoms with Crippen LogP contribution in [0.4, 0.5) is 10.5 Å². The van der Waals surface area contributed by atoms with Crippen LogP contribution in [0.5, 0.6) is 5.75 Å². The van der Waals surface area contributed by atoms with Gasteiger partial charge in [-0.15, -0.1) is 0 Å². The SMILES string of the molecule is COc1ccc(N2C(=O)C(=O)N(Cc3cccc4ccccc34)C2=O)cc1. The number of anilines is 1. The largest absolute Gasteiger partial charge is 0.497 e. The summed E-state index contributed by atoms with van der Waals surface area (Å²) >= 11 is 0. The molecular formula is C21H16N2O4. The van der Waals surface area contributed by atoms with Crippen LogP contribution in [0, 0.1) is 0 Å². The predicted molar refractivity (Wildman–Crippen MR) is 100 cm³/mol. The predicted octanol–water partition coefficient (Wildman–Crippen LogP) is 3.34. The second-order valence-electron chi connectivity index (χ2n) is 6.15. The van der Waals surface area contributed by atoms with E-state index in [2.05, 4.69) is 0 Å². The van der Waals surface area contributed by atoms with Crippen molar-refractivity contribution >= 4 is 34.3 Å². The first-order valence-corrected chi connectivity index (χ1v) is 8.41. The van der Waals surface area contributed by atoms with Crippen LogP contribution in [0.1, 0.15) is 5.56 Å². The van der Waals surface area contributed by atoms with Gasteiger partial charge in [-0.2, -0.15) is 0 Å². The average Bonchev–Trinajstić information content (AvgIpc) is 2.91. The summed E-state index contributed by atoms with van der Waals surface area (Å²) in [5.41, 5.74) is 1.14. The first kappa shape index (κ1) is 16.8. The minimum atomic E-state index is -0.856. The highest BCUT2D eigenvalue weighted by Crippen LogP contribution is 2.27. The van der Waals surface area contributed by atoms with Crippen molar-refractivity contribution in [1.82, 2.24) is 4.90 Å². The number of carbonyl (C=O) groups excluding carboxylic acids is 3. The molecule has 0 N–H and O–H groups in total. The number of fused-ring (bicyclic) bond motifs is 1. The van der Waals surface area contributed by atoms with E-state index in [-0.39, 0.29) is 6.54 Å². The molecule has 1 saturated heterocycles. The Morgan fingerprint density at radius 1 is 0.815 bits per heavy atom. The van der Waals surface area contributed by atoms with Gasteiger partial charge in [0.15, 0.2) is 0 Å². The Labute approximate surface area is 155 Å². The van der Waals surface area contributed by atoms with E-state index in [1.54, 1.807) is 24.3 Å². The molecule has 134 valence electrons. The third-order valence-corrected chi connectivity index (χ3v) is 4.59. The van der Waals surface area contributed by atoms with E-state index in [4.69, 9.17) is 4.74 Å². The van der Waals surface area contributed by atoms with Crippen LogP contribution < -0.4 is 9.64 Å². The summed E-state index contributed by atoms with van der Waals surface area (Å²) in [6.45, 7) is 0.0391. The van der Waals surface area contributed by atoms with Gasteiger partial charge in [-0.1, -0.05) is 42.5 Å². The number of urea groups is 1. The highest BCUT2D eigenvalue weighted by atomic mass is 16.5. The minimum Gasteiger partial charge on any atom is -0.497 e. The van der Waals surface area contributed by atoms with Crippen LogP contribution in [0.2, 0.25) is 0 Å². The second kappa shape index (κ2) is 6.57. The van der Waals surface area contributed by atoms with Crippen LogP contribution >= 0.6 is 0 Å². The molecule has 0 aliphatic carbocycles. The number of amides is 4. The number of ether oxygens (including phenoxy) is 1. The van der Waals surface area contributed by atoms with E-state index in [1.165, 1.54) is 7.11 Å². The van der Waals surface area contributed by atoms with Gasteiger partial charge in [0.25, 0.3) is 0 Å². The zero-order chi connectivity index (χ0) is 19.0. The monoisotopic (exact) mass is 360 g/mol. The van der Waals surface area contributed by atoms with Crippen LogP contribution in [0.3, 0.4) is 0 Å². The molecule has 0 saturated carbocycles. The Morgan fingerprint density at radius 3 is 2.26 bits per heavy atom. The summed E-state index contributed by atoms with van der Waals surface area (Å²) in [7, 11) is 1.52. The van der Waals surface area contributed by atoms with E-state index >= 15 is 0 Å². The number of rotatable bonds is 4. The van der Waals surface area contributed by atoms with Crippen molar-refractivity contribution in [3.05, 3.63) is 72.3 Å². The van der Waals surface area contributed by atoms with Crippen molar-refractivity contribution in [3.63, 3.8) is 0 Å². The molecule has 1 fully saturated rings. The molecule has 0 radical (unpaired) electrons.